The number of carbonyl (C=O) groups excluding carboxylic acids is 1. The number of phenols is 1. The number of hydrogen-bond donors (Lipinski definition) is 1. The lowest BCUT2D eigenvalue weighted by atomic mass is 10.00. The van der Waals surface area contributed by atoms with Gasteiger partial charge in [-0.15, -0.1) is 0 Å². The van der Waals surface area contributed by atoms with Crippen LogP contribution in [0.1, 0.15) is 60.5 Å². The van der Waals surface area contributed by atoms with E-state index < -0.39 is 0 Å². The number of ketones is 1. The average Bonchev–Trinajstić information content (AvgIpc) is 2.66. The van der Waals surface area contributed by atoms with Crippen molar-refractivity contribution in [3.05, 3.63) is 28.8 Å². The summed E-state index contributed by atoms with van der Waals surface area (Å²) in [7, 11) is 0. The van der Waals surface area contributed by atoms with Crippen LogP contribution in [0.3, 0.4) is 0 Å². The molecule has 2 rings (SSSR count). The van der Waals surface area contributed by atoms with E-state index in [1.54, 1.807) is 6.07 Å². The molecule has 2 nitrogen and oxygen atoms in total. The monoisotopic (exact) mass is 232 g/mol. The third-order valence-corrected chi connectivity index (χ3v) is 3.53. The Morgan fingerprint density at radius 2 is 2.00 bits per heavy atom. The highest BCUT2D eigenvalue weighted by molar-refractivity contribution is 6.00. The average molecular weight is 232 g/mol. The fraction of sp³-hybridized carbons (Fsp3) is 0.533. The molecule has 0 fully saturated rings. The van der Waals surface area contributed by atoms with Crippen molar-refractivity contribution in [3.63, 3.8) is 0 Å². The minimum absolute atomic E-state index is 0.231. The molecule has 0 aromatic heterocycles. The molecule has 17 heavy (non-hydrogen) atoms. The van der Waals surface area contributed by atoms with Gasteiger partial charge < -0.3 is 5.11 Å². The molecule has 0 heterocycles. The number of benzene rings is 1. The fourth-order valence-corrected chi connectivity index (χ4v) is 2.47. The summed E-state index contributed by atoms with van der Waals surface area (Å²) in [6.45, 7) is 2.19. The summed E-state index contributed by atoms with van der Waals surface area (Å²) in [4.78, 5) is 11.6. The molecule has 1 N–H and O–H groups in total. The molecular weight excluding hydrogens is 212 g/mol. The van der Waals surface area contributed by atoms with Crippen LogP contribution in [0.5, 0.6) is 5.75 Å². The first-order valence-electron chi connectivity index (χ1n) is 6.60. The lowest BCUT2D eigenvalue weighted by molar-refractivity contribution is 0.0994. The normalized spacial score (nSPS) is 14.1. The topological polar surface area (TPSA) is 37.3 Å². The second-order valence-electron chi connectivity index (χ2n) is 4.87. The highest BCUT2D eigenvalue weighted by atomic mass is 16.3. The summed E-state index contributed by atoms with van der Waals surface area (Å²) in [6, 6.07) is 3.70. The first-order valence-corrected chi connectivity index (χ1v) is 6.60. The molecule has 1 aliphatic rings. The van der Waals surface area contributed by atoms with Crippen LogP contribution >= 0.6 is 0 Å². The Morgan fingerprint density at radius 3 is 2.76 bits per heavy atom. The van der Waals surface area contributed by atoms with E-state index in [9.17, 15) is 9.90 Å². The third-order valence-electron chi connectivity index (χ3n) is 3.53. The van der Waals surface area contributed by atoms with Crippen molar-refractivity contribution in [3.8, 4) is 5.75 Å². The Labute approximate surface area is 103 Å². The number of Topliss-reactive ketones (excluding diaryl/α,β-unsaturated/α-hetero) is 1. The number of hydrogen-bond acceptors (Lipinski definition) is 2. The largest absolute Gasteiger partial charge is 0.508 e. The molecular formula is C15H20O2. The van der Waals surface area contributed by atoms with Gasteiger partial charge >= 0.3 is 0 Å². The molecule has 0 spiro atoms. The molecule has 0 amide bonds. The minimum Gasteiger partial charge on any atom is -0.508 e. The molecule has 1 aromatic carbocycles. The second-order valence-corrected chi connectivity index (χ2v) is 4.87. The number of fused-ring (bicyclic) bond motifs is 1. The van der Waals surface area contributed by atoms with Crippen molar-refractivity contribution >= 4 is 5.78 Å². The predicted octanol–water partition coefficient (Wildman–Crippen LogP) is 3.64. The van der Waals surface area contributed by atoms with Gasteiger partial charge in [-0.1, -0.05) is 26.2 Å². The third kappa shape index (κ3) is 2.68. The van der Waals surface area contributed by atoms with Crippen molar-refractivity contribution < 1.29 is 9.90 Å². The van der Waals surface area contributed by atoms with Gasteiger partial charge in [-0.25, -0.2) is 0 Å². The molecule has 2 heteroatoms. The van der Waals surface area contributed by atoms with Gasteiger partial charge in [-0.2, -0.15) is 0 Å². The van der Waals surface area contributed by atoms with Gasteiger partial charge in [0.1, 0.15) is 5.75 Å². The lowest BCUT2D eigenvalue weighted by Gasteiger charge is -2.07. The number of aromatic hydroxyl groups is 1. The molecule has 0 saturated carbocycles. The van der Waals surface area contributed by atoms with Gasteiger partial charge in [-0.05, 0) is 42.5 Å². The Kier molecular flexibility index (Phi) is 3.82. The molecule has 1 aromatic rings. The van der Waals surface area contributed by atoms with Crippen LogP contribution in [-0.4, -0.2) is 10.9 Å². The van der Waals surface area contributed by atoms with E-state index in [1.165, 1.54) is 19.3 Å². The molecule has 0 atom stereocenters. The maximum absolute atomic E-state index is 11.6. The van der Waals surface area contributed by atoms with Crippen LogP contribution in [0.2, 0.25) is 0 Å². The predicted molar refractivity (Wildman–Crippen MR) is 68.6 cm³/mol. The van der Waals surface area contributed by atoms with Gasteiger partial charge in [0.25, 0.3) is 0 Å². The summed E-state index contributed by atoms with van der Waals surface area (Å²) in [6.07, 6.45) is 7.02. The van der Waals surface area contributed by atoms with Crippen LogP contribution < -0.4 is 0 Å². The second kappa shape index (κ2) is 5.35. The van der Waals surface area contributed by atoms with Crippen LogP contribution in [0.15, 0.2) is 12.1 Å². The van der Waals surface area contributed by atoms with Gasteiger partial charge in [0.15, 0.2) is 5.78 Å². The number of aryl methyl sites for hydroxylation is 2. The Bertz CT molecular complexity index is 421. The molecule has 0 aliphatic heterocycles. The van der Waals surface area contributed by atoms with E-state index in [0.29, 0.717) is 12.2 Å². The van der Waals surface area contributed by atoms with Gasteiger partial charge in [0.05, 0.1) is 0 Å². The van der Waals surface area contributed by atoms with Crippen molar-refractivity contribution in [1.29, 1.82) is 0 Å². The molecule has 0 radical (unpaired) electrons. The Hall–Kier alpha value is -1.31. The molecule has 0 saturated heterocycles. The van der Waals surface area contributed by atoms with Crippen molar-refractivity contribution in [2.75, 3.05) is 0 Å². The zero-order valence-electron chi connectivity index (χ0n) is 10.5. The summed E-state index contributed by atoms with van der Waals surface area (Å²) in [5.41, 5.74) is 2.80. The SMILES string of the molecule is CCCCCCc1cc2c(cc1O)CCC2=O. The maximum Gasteiger partial charge on any atom is 0.163 e. The zero-order valence-corrected chi connectivity index (χ0v) is 10.5. The highest BCUT2D eigenvalue weighted by Crippen LogP contribution is 2.30. The van der Waals surface area contributed by atoms with Gasteiger partial charge in [-0.3, -0.25) is 4.79 Å². The van der Waals surface area contributed by atoms with E-state index >= 15 is 0 Å². The van der Waals surface area contributed by atoms with Crippen molar-refractivity contribution in [2.24, 2.45) is 0 Å². The van der Waals surface area contributed by atoms with E-state index in [1.807, 2.05) is 6.07 Å². The van der Waals surface area contributed by atoms with Gasteiger partial charge in [0.2, 0.25) is 0 Å². The Morgan fingerprint density at radius 1 is 1.18 bits per heavy atom. The smallest absolute Gasteiger partial charge is 0.163 e. The van der Waals surface area contributed by atoms with Crippen LogP contribution in [-0.2, 0) is 12.8 Å². The van der Waals surface area contributed by atoms with Crippen LogP contribution in [0.4, 0.5) is 0 Å². The van der Waals surface area contributed by atoms with E-state index in [4.69, 9.17) is 0 Å². The summed E-state index contributed by atoms with van der Waals surface area (Å²) in [5.74, 6) is 0.602. The summed E-state index contributed by atoms with van der Waals surface area (Å²) in [5, 5.41) is 9.91. The maximum atomic E-state index is 11.6. The first kappa shape index (κ1) is 12.2. The highest BCUT2D eigenvalue weighted by Gasteiger charge is 2.21. The number of rotatable bonds is 5. The van der Waals surface area contributed by atoms with E-state index in [2.05, 4.69) is 6.92 Å². The quantitative estimate of drug-likeness (QED) is 0.787. The van der Waals surface area contributed by atoms with E-state index in [-0.39, 0.29) is 5.78 Å². The number of unbranched alkanes of at least 4 members (excludes halogenated alkanes) is 3. The summed E-state index contributed by atoms with van der Waals surface area (Å²) >= 11 is 0. The van der Waals surface area contributed by atoms with Crippen LogP contribution in [0, 0.1) is 0 Å². The Balaban J connectivity index is 2.07. The molecule has 92 valence electrons. The van der Waals surface area contributed by atoms with E-state index in [0.717, 1.165) is 36.0 Å². The zero-order chi connectivity index (χ0) is 12.3. The molecule has 1 aliphatic carbocycles. The van der Waals surface area contributed by atoms with Crippen molar-refractivity contribution in [1.82, 2.24) is 0 Å². The molecule has 0 bridgehead atoms. The fourth-order valence-electron chi connectivity index (χ4n) is 2.47. The first-order chi connectivity index (χ1) is 8.22. The summed E-state index contributed by atoms with van der Waals surface area (Å²) < 4.78 is 0. The van der Waals surface area contributed by atoms with Gasteiger partial charge in [0, 0.05) is 12.0 Å². The lowest BCUT2D eigenvalue weighted by Crippen LogP contribution is -1.95. The molecule has 0 unspecified atom stereocenters. The van der Waals surface area contributed by atoms with Crippen molar-refractivity contribution in [2.45, 2.75) is 51.9 Å². The minimum atomic E-state index is 0.231. The number of carbonyl (C=O) groups is 1. The number of phenolic OH excluding ortho intramolecular Hbond substituents is 1. The van der Waals surface area contributed by atoms with Crippen LogP contribution in [0.25, 0.3) is 0 Å². The standard InChI is InChI=1S/C15H20O2/c1-2-3-4-5-6-12-9-13-11(10-15(12)17)7-8-14(13)16/h9-10,17H,2-8H2,1H3.